The van der Waals surface area contributed by atoms with Crippen LogP contribution in [0, 0.1) is 0 Å². The number of carbonyl (C=O) groups is 1. The van der Waals surface area contributed by atoms with E-state index in [-0.39, 0.29) is 22.9 Å². The van der Waals surface area contributed by atoms with E-state index < -0.39 is 17.6 Å². The van der Waals surface area contributed by atoms with Gasteiger partial charge in [0, 0.05) is 12.6 Å². The Hall–Kier alpha value is -3.43. The molecule has 0 spiro atoms. The Kier molecular flexibility index (Phi) is 4.33. The molecule has 1 amide bonds. The van der Waals surface area contributed by atoms with E-state index in [4.69, 9.17) is 5.73 Å². The van der Waals surface area contributed by atoms with Crippen LogP contribution in [0.1, 0.15) is 5.56 Å². The second-order valence-corrected chi connectivity index (χ2v) is 5.24. The van der Waals surface area contributed by atoms with Gasteiger partial charge in [0.25, 0.3) is 5.91 Å². The number of amides is 1. The number of rotatable bonds is 2. The van der Waals surface area contributed by atoms with Crippen molar-refractivity contribution in [1.82, 2.24) is 14.6 Å². The molecule has 0 saturated heterocycles. The van der Waals surface area contributed by atoms with Gasteiger partial charge >= 0.3 is 6.18 Å². The second-order valence-electron chi connectivity index (χ2n) is 5.24. The van der Waals surface area contributed by atoms with Crippen LogP contribution in [-0.4, -0.2) is 33.4 Å². The number of hydrogen-bond acceptors (Lipinski definition) is 4. The number of carbonyl (C=O) groups excluding carboxylic acids is 1. The third-order valence-corrected chi connectivity index (χ3v) is 3.59. The van der Waals surface area contributed by atoms with Crippen molar-refractivity contribution in [3.63, 3.8) is 0 Å². The van der Waals surface area contributed by atoms with Crippen molar-refractivity contribution in [2.75, 3.05) is 12.4 Å². The van der Waals surface area contributed by atoms with Crippen molar-refractivity contribution >= 4 is 23.2 Å². The summed E-state index contributed by atoms with van der Waals surface area (Å²) in [6, 6.07) is 8.04. The highest BCUT2D eigenvalue weighted by molar-refractivity contribution is 6.41. The molecule has 0 aliphatic carbocycles. The summed E-state index contributed by atoms with van der Waals surface area (Å²) >= 11 is 0. The van der Waals surface area contributed by atoms with Gasteiger partial charge < -0.3 is 11.1 Å². The third-order valence-electron chi connectivity index (χ3n) is 3.59. The molecule has 0 unspecified atom stereocenters. The average Bonchev–Trinajstić information content (AvgIpc) is 3.02. The lowest BCUT2D eigenvalue weighted by atomic mass is 10.0. The van der Waals surface area contributed by atoms with Crippen LogP contribution in [-0.2, 0) is 11.0 Å². The molecule has 0 aliphatic heterocycles. The van der Waals surface area contributed by atoms with Crippen LogP contribution >= 0.6 is 0 Å². The van der Waals surface area contributed by atoms with Gasteiger partial charge in [-0.2, -0.15) is 22.8 Å². The standard InChI is InChI=1S/C16H13F3N6O/c1-21-14(20)15(26)23-13-8-22-12-7-6-11(24-25(12)13)9-4-2-3-5-10(9)16(17,18)19/h2-8H,1H3,(H2,20,21)(H,23,26). The summed E-state index contributed by atoms with van der Waals surface area (Å²) < 4.78 is 40.9. The number of nitrogens with one attached hydrogen (secondary N) is 1. The maximum atomic E-state index is 13.2. The van der Waals surface area contributed by atoms with Gasteiger partial charge in [-0.25, -0.2) is 4.98 Å². The number of nitrogens with zero attached hydrogens (tertiary/aromatic N) is 4. The number of aliphatic imine (C=N–C) groups is 1. The largest absolute Gasteiger partial charge is 0.417 e. The number of anilines is 1. The minimum atomic E-state index is -4.52. The van der Waals surface area contributed by atoms with E-state index in [1.807, 2.05) is 0 Å². The summed E-state index contributed by atoms with van der Waals surface area (Å²) in [5.41, 5.74) is 4.97. The van der Waals surface area contributed by atoms with E-state index in [0.29, 0.717) is 5.65 Å². The van der Waals surface area contributed by atoms with E-state index in [1.54, 1.807) is 0 Å². The minimum absolute atomic E-state index is 0.0797. The van der Waals surface area contributed by atoms with Gasteiger partial charge in [-0.3, -0.25) is 9.79 Å². The van der Waals surface area contributed by atoms with Crippen LogP contribution in [0.25, 0.3) is 16.9 Å². The summed E-state index contributed by atoms with van der Waals surface area (Å²) in [7, 11) is 1.35. The quantitative estimate of drug-likeness (QED) is 0.540. The van der Waals surface area contributed by atoms with Gasteiger partial charge in [-0.15, -0.1) is 0 Å². The maximum Gasteiger partial charge on any atom is 0.417 e. The molecule has 134 valence electrons. The minimum Gasteiger partial charge on any atom is -0.379 e. The van der Waals surface area contributed by atoms with Crippen molar-refractivity contribution in [3.8, 4) is 11.3 Å². The molecule has 3 N–H and O–H groups in total. The fraction of sp³-hybridized carbons (Fsp3) is 0.125. The molecular weight excluding hydrogens is 349 g/mol. The molecule has 26 heavy (non-hydrogen) atoms. The fourth-order valence-corrected chi connectivity index (χ4v) is 2.34. The van der Waals surface area contributed by atoms with Crippen LogP contribution in [0.5, 0.6) is 0 Å². The molecule has 0 saturated carbocycles. The first kappa shape index (κ1) is 17.4. The van der Waals surface area contributed by atoms with Crippen molar-refractivity contribution in [1.29, 1.82) is 0 Å². The van der Waals surface area contributed by atoms with Crippen LogP contribution in [0.2, 0.25) is 0 Å². The smallest absolute Gasteiger partial charge is 0.379 e. The first-order valence-corrected chi connectivity index (χ1v) is 7.36. The average molecular weight is 362 g/mol. The molecule has 2 aromatic heterocycles. The summed E-state index contributed by atoms with van der Waals surface area (Å²) in [6.45, 7) is 0. The Morgan fingerprint density at radius 2 is 1.96 bits per heavy atom. The highest BCUT2D eigenvalue weighted by Gasteiger charge is 2.33. The molecule has 3 aromatic rings. The van der Waals surface area contributed by atoms with Crippen molar-refractivity contribution in [2.45, 2.75) is 6.18 Å². The van der Waals surface area contributed by atoms with E-state index in [0.717, 1.165) is 6.07 Å². The topological polar surface area (TPSA) is 97.7 Å². The lowest BCUT2D eigenvalue weighted by Crippen LogP contribution is -2.30. The summed E-state index contributed by atoms with van der Waals surface area (Å²) in [6.07, 6.45) is -3.20. The Morgan fingerprint density at radius 1 is 1.23 bits per heavy atom. The van der Waals surface area contributed by atoms with E-state index in [9.17, 15) is 18.0 Å². The molecule has 7 nitrogen and oxygen atoms in total. The van der Waals surface area contributed by atoms with Crippen molar-refractivity contribution in [2.24, 2.45) is 10.7 Å². The van der Waals surface area contributed by atoms with Crippen LogP contribution in [0.15, 0.2) is 47.6 Å². The number of benzene rings is 1. The van der Waals surface area contributed by atoms with Gasteiger partial charge in [0.15, 0.2) is 17.3 Å². The molecule has 0 atom stereocenters. The highest BCUT2D eigenvalue weighted by Crippen LogP contribution is 2.36. The van der Waals surface area contributed by atoms with Crippen LogP contribution in [0.4, 0.5) is 19.0 Å². The number of halogens is 3. The lowest BCUT2D eigenvalue weighted by molar-refractivity contribution is -0.137. The number of hydrogen-bond donors (Lipinski definition) is 2. The number of nitrogens with two attached hydrogens (primary N) is 1. The predicted molar refractivity (Wildman–Crippen MR) is 89.6 cm³/mol. The normalized spacial score (nSPS) is 12.4. The zero-order valence-electron chi connectivity index (χ0n) is 13.4. The Labute approximate surface area is 145 Å². The molecule has 10 heteroatoms. The molecule has 0 bridgehead atoms. The monoisotopic (exact) mass is 362 g/mol. The Morgan fingerprint density at radius 3 is 2.65 bits per heavy atom. The molecule has 3 rings (SSSR count). The van der Waals surface area contributed by atoms with E-state index in [2.05, 4.69) is 20.4 Å². The zero-order valence-corrected chi connectivity index (χ0v) is 13.4. The maximum absolute atomic E-state index is 13.2. The molecule has 0 fully saturated rings. The van der Waals surface area contributed by atoms with Crippen LogP contribution in [0.3, 0.4) is 0 Å². The lowest BCUT2D eigenvalue weighted by Gasteiger charge is -2.12. The first-order chi connectivity index (χ1) is 12.3. The highest BCUT2D eigenvalue weighted by atomic mass is 19.4. The van der Waals surface area contributed by atoms with Crippen LogP contribution < -0.4 is 11.1 Å². The molecule has 2 heterocycles. The fourth-order valence-electron chi connectivity index (χ4n) is 2.34. The van der Waals surface area contributed by atoms with Gasteiger partial charge in [0.05, 0.1) is 17.5 Å². The van der Waals surface area contributed by atoms with Gasteiger partial charge in [0.2, 0.25) is 0 Å². The molecular formula is C16H13F3N6O. The number of alkyl halides is 3. The summed E-state index contributed by atoms with van der Waals surface area (Å²) in [5.74, 6) is -0.765. The Balaban J connectivity index is 2.08. The first-order valence-electron chi connectivity index (χ1n) is 7.36. The van der Waals surface area contributed by atoms with Gasteiger partial charge in [-0.05, 0) is 18.2 Å². The number of aromatic nitrogens is 3. The summed E-state index contributed by atoms with van der Waals surface area (Å²) in [5, 5.41) is 6.64. The molecule has 0 aliphatic rings. The molecule has 1 aromatic carbocycles. The number of amidine groups is 1. The number of fused-ring (bicyclic) bond motifs is 1. The molecule has 0 radical (unpaired) electrons. The van der Waals surface area contributed by atoms with E-state index >= 15 is 0 Å². The zero-order chi connectivity index (χ0) is 18.9. The van der Waals surface area contributed by atoms with Crippen molar-refractivity contribution in [3.05, 3.63) is 48.2 Å². The SMILES string of the molecule is CN=C(N)C(=O)Nc1cnc2ccc(-c3ccccc3C(F)(F)F)nn12. The van der Waals surface area contributed by atoms with Gasteiger partial charge in [0.1, 0.15) is 0 Å². The Bertz CT molecular complexity index is 1010. The van der Waals surface area contributed by atoms with E-state index in [1.165, 1.54) is 48.1 Å². The third kappa shape index (κ3) is 3.21. The van der Waals surface area contributed by atoms with Crippen molar-refractivity contribution < 1.29 is 18.0 Å². The summed E-state index contributed by atoms with van der Waals surface area (Å²) in [4.78, 5) is 19.4. The number of imidazole rings is 1. The van der Waals surface area contributed by atoms with Gasteiger partial charge in [-0.1, -0.05) is 18.2 Å². The predicted octanol–water partition coefficient (Wildman–Crippen LogP) is 2.34. The second kappa shape index (κ2) is 6.47.